The Morgan fingerprint density at radius 3 is 2.58 bits per heavy atom. The van der Waals surface area contributed by atoms with Gasteiger partial charge in [0.1, 0.15) is 17.3 Å². The highest BCUT2D eigenvalue weighted by Crippen LogP contribution is 2.34. The minimum absolute atomic E-state index is 0.0158. The van der Waals surface area contributed by atoms with Crippen LogP contribution in [0.5, 0.6) is 11.5 Å². The van der Waals surface area contributed by atoms with Crippen molar-refractivity contribution in [1.29, 1.82) is 5.41 Å². The van der Waals surface area contributed by atoms with Crippen molar-refractivity contribution in [2.75, 3.05) is 6.26 Å². The third kappa shape index (κ3) is 3.22. The number of thioether (sulfide) groups is 1. The molecule has 0 saturated carbocycles. The van der Waals surface area contributed by atoms with Crippen molar-refractivity contribution < 1.29 is 4.74 Å². The number of hydrogen-bond donors (Lipinski definition) is 2. The highest BCUT2D eigenvalue weighted by molar-refractivity contribution is 7.98. The standard InChI is InChI=1S/C14H13ClN2OS/c1-19-13-5-3-2-4-12(13)18-11-7-6-9(14(16)17)8-10(11)15/h2-8H,1H3,(H3,16,17). The number of benzene rings is 2. The van der Waals surface area contributed by atoms with E-state index in [2.05, 4.69) is 0 Å². The van der Waals surface area contributed by atoms with Crippen LogP contribution in [0.25, 0.3) is 0 Å². The number of amidine groups is 1. The lowest BCUT2D eigenvalue weighted by molar-refractivity contribution is 0.471. The summed E-state index contributed by atoms with van der Waals surface area (Å²) < 4.78 is 5.80. The Morgan fingerprint density at radius 1 is 1.21 bits per heavy atom. The van der Waals surface area contributed by atoms with E-state index in [0.717, 1.165) is 10.6 Å². The third-order valence-corrected chi connectivity index (χ3v) is 3.60. The Bertz CT molecular complexity index is 616. The number of nitrogens with one attached hydrogen (secondary N) is 1. The van der Waals surface area contributed by atoms with Crippen LogP contribution in [-0.2, 0) is 0 Å². The number of para-hydroxylation sites is 1. The highest BCUT2D eigenvalue weighted by Gasteiger charge is 2.08. The average molecular weight is 293 g/mol. The monoisotopic (exact) mass is 292 g/mol. The van der Waals surface area contributed by atoms with E-state index >= 15 is 0 Å². The fraction of sp³-hybridized carbons (Fsp3) is 0.0714. The quantitative estimate of drug-likeness (QED) is 0.506. The molecule has 0 unspecified atom stereocenters. The highest BCUT2D eigenvalue weighted by atomic mass is 35.5. The molecule has 5 heteroatoms. The van der Waals surface area contributed by atoms with Crippen molar-refractivity contribution in [2.24, 2.45) is 5.73 Å². The molecule has 2 aromatic carbocycles. The summed E-state index contributed by atoms with van der Waals surface area (Å²) in [6.07, 6.45) is 1.99. The van der Waals surface area contributed by atoms with Gasteiger partial charge in [-0.15, -0.1) is 11.8 Å². The summed E-state index contributed by atoms with van der Waals surface area (Å²) in [5, 5.41) is 7.80. The van der Waals surface area contributed by atoms with E-state index in [-0.39, 0.29) is 5.84 Å². The molecule has 0 amide bonds. The van der Waals surface area contributed by atoms with E-state index in [1.54, 1.807) is 30.0 Å². The molecule has 19 heavy (non-hydrogen) atoms. The van der Waals surface area contributed by atoms with E-state index in [1.165, 1.54) is 0 Å². The molecule has 0 fully saturated rings. The summed E-state index contributed by atoms with van der Waals surface area (Å²) in [5.41, 5.74) is 5.99. The van der Waals surface area contributed by atoms with Crippen LogP contribution < -0.4 is 10.5 Å². The number of hydrogen-bond acceptors (Lipinski definition) is 3. The van der Waals surface area contributed by atoms with E-state index in [4.69, 9.17) is 27.5 Å². The molecule has 0 aromatic heterocycles. The molecule has 0 atom stereocenters. The molecule has 0 aliphatic heterocycles. The predicted octanol–water partition coefficient (Wildman–Crippen LogP) is 4.14. The van der Waals surface area contributed by atoms with Crippen molar-refractivity contribution in [2.45, 2.75) is 4.90 Å². The van der Waals surface area contributed by atoms with Crippen LogP contribution in [0.3, 0.4) is 0 Å². The maximum absolute atomic E-state index is 7.36. The maximum Gasteiger partial charge on any atom is 0.146 e. The van der Waals surface area contributed by atoms with Crippen LogP contribution in [-0.4, -0.2) is 12.1 Å². The molecule has 3 N–H and O–H groups in total. The number of halogens is 1. The minimum atomic E-state index is -0.0158. The van der Waals surface area contributed by atoms with E-state index < -0.39 is 0 Å². The molecule has 2 aromatic rings. The smallest absolute Gasteiger partial charge is 0.146 e. The molecule has 98 valence electrons. The van der Waals surface area contributed by atoms with Gasteiger partial charge in [0.25, 0.3) is 0 Å². The first kappa shape index (κ1) is 13.8. The second kappa shape index (κ2) is 5.99. The summed E-state index contributed by atoms with van der Waals surface area (Å²) in [6.45, 7) is 0. The van der Waals surface area contributed by atoms with Gasteiger partial charge in [0, 0.05) is 10.5 Å². The third-order valence-electron chi connectivity index (χ3n) is 2.53. The molecule has 3 nitrogen and oxygen atoms in total. The largest absolute Gasteiger partial charge is 0.455 e. The Labute approximate surface area is 121 Å². The maximum atomic E-state index is 7.36. The number of nitrogens with two attached hydrogens (primary N) is 1. The number of ether oxygens (including phenoxy) is 1. The van der Waals surface area contributed by atoms with Crippen LogP contribution in [0.1, 0.15) is 5.56 Å². The summed E-state index contributed by atoms with van der Waals surface area (Å²) in [7, 11) is 0. The zero-order chi connectivity index (χ0) is 13.8. The Balaban J connectivity index is 2.31. The molecule has 0 radical (unpaired) electrons. The lowest BCUT2D eigenvalue weighted by Crippen LogP contribution is -2.10. The van der Waals surface area contributed by atoms with Gasteiger partial charge in [-0.25, -0.2) is 0 Å². The fourth-order valence-electron chi connectivity index (χ4n) is 1.57. The SMILES string of the molecule is CSc1ccccc1Oc1ccc(C(=N)N)cc1Cl. The first-order chi connectivity index (χ1) is 9.11. The van der Waals surface area contributed by atoms with Crippen molar-refractivity contribution in [3.05, 3.63) is 53.1 Å². The molecule has 0 aliphatic carbocycles. The predicted molar refractivity (Wildman–Crippen MR) is 80.8 cm³/mol. The van der Waals surface area contributed by atoms with Crippen LogP contribution in [0, 0.1) is 5.41 Å². The van der Waals surface area contributed by atoms with Crippen molar-refractivity contribution >= 4 is 29.2 Å². The Kier molecular flexibility index (Phi) is 4.35. The van der Waals surface area contributed by atoms with Crippen LogP contribution >= 0.6 is 23.4 Å². The van der Waals surface area contributed by atoms with Crippen molar-refractivity contribution in [1.82, 2.24) is 0 Å². The normalized spacial score (nSPS) is 10.2. The van der Waals surface area contributed by atoms with Gasteiger partial charge < -0.3 is 10.5 Å². The molecule has 0 saturated heterocycles. The van der Waals surface area contributed by atoms with Gasteiger partial charge >= 0.3 is 0 Å². The first-order valence-electron chi connectivity index (χ1n) is 5.56. The second-order valence-corrected chi connectivity index (χ2v) is 5.07. The van der Waals surface area contributed by atoms with E-state index in [9.17, 15) is 0 Å². The van der Waals surface area contributed by atoms with Crippen LogP contribution in [0.4, 0.5) is 0 Å². The molecule has 0 spiro atoms. The van der Waals surface area contributed by atoms with Gasteiger partial charge in [-0.2, -0.15) is 0 Å². The lowest BCUT2D eigenvalue weighted by Gasteiger charge is -2.11. The first-order valence-corrected chi connectivity index (χ1v) is 7.17. The zero-order valence-corrected chi connectivity index (χ0v) is 11.9. The summed E-state index contributed by atoms with van der Waals surface area (Å²) in [5.74, 6) is 1.29. The Morgan fingerprint density at radius 2 is 1.95 bits per heavy atom. The fourth-order valence-corrected chi connectivity index (χ4v) is 2.32. The van der Waals surface area contributed by atoms with Crippen LogP contribution in [0.2, 0.25) is 5.02 Å². The Hall–Kier alpha value is -1.65. The zero-order valence-electron chi connectivity index (χ0n) is 10.3. The van der Waals surface area contributed by atoms with E-state index in [0.29, 0.717) is 16.3 Å². The summed E-state index contributed by atoms with van der Waals surface area (Å²) in [6, 6.07) is 12.8. The number of rotatable bonds is 4. The molecule has 0 heterocycles. The molecule has 0 aliphatic rings. The summed E-state index contributed by atoms with van der Waals surface area (Å²) >= 11 is 7.74. The van der Waals surface area contributed by atoms with Crippen molar-refractivity contribution in [3.8, 4) is 11.5 Å². The minimum Gasteiger partial charge on any atom is -0.455 e. The molecular formula is C14H13ClN2OS. The average Bonchev–Trinajstić information content (AvgIpc) is 2.41. The van der Waals surface area contributed by atoms with Crippen molar-refractivity contribution in [3.63, 3.8) is 0 Å². The summed E-state index contributed by atoms with van der Waals surface area (Å²) in [4.78, 5) is 1.04. The van der Waals surface area contributed by atoms with Gasteiger partial charge in [0.2, 0.25) is 0 Å². The van der Waals surface area contributed by atoms with Gasteiger partial charge in [-0.3, -0.25) is 5.41 Å². The van der Waals surface area contributed by atoms with Gasteiger partial charge in [0.05, 0.1) is 5.02 Å². The van der Waals surface area contributed by atoms with Gasteiger partial charge in [-0.05, 0) is 36.6 Å². The molecule has 2 rings (SSSR count). The van der Waals surface area contributed by atoms with E-state index in [1.807, 2.05) is 30.5 Å². The molecular weight excluding hydrogens is 280 g/mol. The van der Waals surface area contributed by atoms with Crippen LogP contribution in [0.15, 0.2) is 47.4 Å². The number of nitrogen functional groups attached to an aromatic ring is 1. The topological polar surface area (TPSA) is 59.1 Å². The molecule has 0 bridgehead atoms. The van der Waals surface area contributed by atoms with Gasteiger partial charge in [0.15, 0.2) is 0 Å². The second-order valence-electron chi connectivity index (χ2n) is 3.81. The lowest BCUT2D eigenvalue weighted by atomic mass is 10.2. The van der Waals surface area contributed by atoms with Gasteiger partial charge in [-0.1, -0.05) is 23.7 Å².